The number of hydrogen-bond donors (Lipinski definition) is 3. The molecule has 5 heteroatoms. The summed E-state index contributed by atoms with van der Waals surface area (Å²) < 4.78 is 0. The predicted octanol–water partition coefficient (Wildman–Crippen LogP) is 1.87. The third-order valence-corrected chi connectivity index (χ3v) is 5.09. The lowest BCUT2D eigenvalue weighted by Gasteiger charge is -2.36. The van der Waals surface area contributed by atoms with Crippen LogP contribution in [0.25, 0.3) is 0 Å². The zero-order valence-corrected chi connectivity index (χ0v) is 13.6. The Bertz CT molecular complexity index is 516. The second-order valence-electron chi connectivity index (χ2n) is 6.89. The van der Waals surface area contributed by atoms with Crippen LogP contribution in [0.1, 0.15) is 37.7 Å². The van der Waals surface area contributed by atoms with E-state index >= 15 is 0 Å². The number of benzene rings is 1. The molecule has 2 aliphatic rings. The minimum absolute atomic E-state index is 0.170. The highest BCUT2D eigenvalue weighted by molar-refractivity contribution is 5.73. The molecule has 2 amide bonds. The summed E-state index contributed by atoms with van der Waals surface area (Å²) in [5.41, 5.74) is 0.653. The van der Waals surface area contributed by atoms with E-state index in [-0.39, 0.29) is 6.03 Å². The van der Waals surface area contributed by atoms with E-state index in [4.69, 9.17) is 0 Å². The van der Waals surface area contributed by atoms with Crippen LogP contribution in [0.4, 0.5) is 4.79 Å². The van der Waals surface area contributed by atoms with Crippen LogP contribution in [-0.2, 0) is 6.54 Å². The van der Waals surface area contributed by atoms with Gasteiger partial charge in [-0.15, -0.1) is 0 Å². The van der Waals surface area contributed by atoms with Gasteiger partial charge in [-0.3, -0.25) is 4.90 Å². The number of urea groups is 1. The molecule has 0 bridgehead atoms. The van der Waals surface area contributed by atoms with Gasteiger partial charge in [0.05, 0.1) is 5.60 Å². The first kappa shape index (κ1) is 16.3. The van der Waals surface area contributed by atoms with Crippen molar-refractivity contribution in [3.63, 3.8) is 0 Å². The second kappa shape index (κ2) is 7.32. The Morgan fingerprint density at radius 3 is 2.70 bits per heavy atom. The molecule has 0 unspecified atom stereocenters. The summed E-state index contributed by atoms with van der Waals surface area (Å²) in [4.78, 5) is 14.3. The fraction of sp³-hybridized carbons (Fsp3) is 0.611. The van der Waals surface area contributed by atoms with Crippen molar-refractivity contribution in [2.75, 3.05) is 19.6 Å². The molecule has 1 heterocycles. The number of nitrogens with one attached hydrogen (secondary N) is 2. The van der Waals surface area contributed by atoms with Crippen molar-refractivity contribution >= 4 is 6.03 Å². The Labute approximate surface area is 138 Å². The van der Waals surface area contributed by atoms with E-state index in [1.165, 1.54) is 12.0 Å². The highest BCUT2D eigenvalue weighted by Crippen LogP contribution is 2.30. The molecule has 1 aliphatic carbocycles. The van der Waals surface area contributed by atoms with Crippen molar-refractivity contribution in [2.45, 2.75) is 50.3 Å². The number of amides is 2. The molecule has 1 atom stereocenters. The molecule has 2 fully saturated rings. The number of carbonyl (C=O) groups excluding carboxylic acids is 1. The van der Waals surface area contributed by atoms with Gasteiger partial charge >= 0.3 is 6.03 Å². The summed E-state index contributed by atoms with van der Waals surface area (Å²) in [7, 11) is 0. The van der Waals surface area contributed by atoms with E-state index in [2.05, 4.69) is 39.8 Å². The van der Waals surface area contributed by atoms with Crippen LogP contribution in [-0.4, -0.2) is 47.3 Å². The average Bonchev–Trinajstić information content (AvgIpc) is 2.97. The summed E-state index contributed by atoms with van der Waals surface area (Å²) in [6.07, 6.45) is 4.94. The normalized spacial score (nSPS) is 23.3. The molecule has 0 radical (unpaired) electrons. The Morgan fingerprint density at radius 1 is 1.22 bits per heavy atom. The second-order valence-corrected chi connectivity index (χ2v) is 6.89. The topological polar surface area (TPSA) is 64.6 Å². The highest BCUT2D eigenvalue weighted by atomic mass is 16.3. The Balaban J connectivity index is 1.40. The number of hydrogen-bond acceptors (Lipinski definition) is 3. The van der Waals surface area contributed by atoms with E-state index in [9.17, 15) is 9.90 Å². The van der Waals surface area contributed by atoms with E-state index in [1.807, 2.05) is 6.07 Å². The maximum atomic E-state index is 11.9. The van der Waals surface area contributed by atoms with Crippen LogP contribution in [0.3, 0.4) is 0 Å². The van der Waals surface area contributed by atoms with Gasteiger partial charge in [0.1, 0.15) is 0 Å². The van der Waals surface area contributed by atoms with E-state index < -0.39 is 5.60 Å². The first-order valence-corrected chi connectivity index (χ1v) is 8.67. The maximum absolute atomic E-state index is 11.9. The standard InChI is InChI=1S/C18H27N3O2/c22-17(20-14-18(23)9-5-10-18)19-12-16-8-4-11-21(16)13-15-6-2-1-3-7-15/h1-3,6-7,16,23H,4-5,8-14H2,(H2,19,20,22)/t16-/m0/s1. The van der Waals surface area contributed by atoms with Gasteiger partial charge in [0, 0.05) is 25.7 Å². The van der Waals surface area contributed by atoms with Gasteiger partial charge in [0.2, 0.25) is 0 Å². The van der Waals surface area contributed by atoms with Crippen LogP contribution >= 0.6 is 0 Å². The van der Waals surface area contributed by atoms with E-state index in [0.717, 1.165) is 38.8 Å². The van der Waals surface area contributed by atoms with Crippen molar-refractivity contribution in [2.24, 2.45) is 0 Å². The quantitative estimate of drug-likeness (QED) is 0.750. The summed E-state index contributed by atoms with van der Waals surface area (Å²) in [5.74, 6) is 0. The third-order valence-electron chi connectivity index (χ3n) is 5.09. The molecule has 1 saturated heterocycles. The zero-order chi connectivity index (χ0) is 16.1. The summed E-state index contributed by atoms with van der Waals surface area (Å²) in [6, 6.07) is 10.7. The highest BCUT2D eigenvalue weighted by Gasteiger charge is 2.34. The molecule has 23 heavy (non-hydrogen) atoms. The Kier molecular flexibility index (Phi) is 5.18. The van der Waals surface area contributed by atoms with Gasteiger partial charge in [0.25, 0.3) is 0 Å². The van der Waals surface area contributed by atoms with Gasteiger partial charge in [-0.2, -0.15) is 0 Å². The average molecular weight is 317 g/mol. The smallest absolute Gasteiger partial charge is 0.314 e. The molecular formula is C18H27N3O2. The van der Waals surface area contributed by atoms with Crippen LogP contribution in [0.5, 0.6) is 0 Å². The molecule has 0 aromatic heterocycles. The SMILES string of the molecule is O=C(NC[C@@H]1CCCN1Cc1ccccc1)NCC1(O)CCC1. The molecule has 1 saturated carbocycles. The molecule has 1 aliphatic heterocycles. The fourth-order valence-electron chi connectivity index (χ4n) is 3.43. The van der Waals surface area contributed by atoms with E-state index in [0.29, 0.717) is 19.1 Å². The number of likely N-dealkylation sites (tertiary alicyclic amines) is 1. The number of carbonyl (C=O) groups is 1. The first-order valence-electron chi connectivity index (χ1n) is 8.67. The number of rotatable bonds is 6. The molecule has 5 nitrogen and oxygen atoms in total. The largest absolute Gasteiger partial charge is 0.388 e. The molecule has 3 rings (SSSR count). The zero-order valence-electron chi connectivity index (χ0n) is 13.6. The number of nitrogens with zero attached hydrogens (tertiary/aromatic N) is 1. The molecular weight excluding hydrogens is 290 g/mol. The van der Waals surface area contributed by atoms with Crippen molar-refractivity contribution in [3.8, 4) is 0 Å². The van der Waals surface area contributed by atoms with Gasteiger partial charge in [-0.1, -0.05) is 30.3 Å². The van der Waals surface area contributed by atoms with Gasteiger partial charge in [-0.05, 0) is 44.2 Å². The van der Waals surface area contributed by atoms with Gasteiger partial charge in [-0.25, -0.2) is 4.79 Å². The Hall–Kier alpha value is -1.59. The van der Waals surface area contributed by atoms with Gasteiger partial charge in [0.15, 0.2) is 0 Å². The van der Waals surface area contributed by atoms with Crippen molar-refractivity contribution in [1.82, 2.24) is 15.5 Å². The van der Waals surface area contributed by atoms with Crippen LogP contribution in [0.15, 0.2) is 30.3 Å². The molecule has 3 N–H and O–H groups in total. The first-order chi connectivity index (χ1) is 11.1. The minimum atomic E-state index is -0.663. The van der Waals surface area contributed by atoms with E-state index in [1.54, 1.807) is 0 Å². The van der Waals surface area contributed by atoms with Crippen LogP contribution < -0.4 is 10.6 Å². The van der Waals surface area contributed by atoms with Crippen molar-refractivity contribution < 1.29 is 9.90 Å². The monoisotopic (exact) mass is 317 g/mol. The lowest BCUT2D eigenvalue weighted by atomic mass is 9.80. The number of aliphatic hydroxyl groups is 1. The fourth-order valence-corrected chi connectivity index (χ4v) is 3.43. The summed E-state index contributed by atoms with van der Waals surface area (Å²) >= 11 is 0. The van der Waals surface area contributed by atoms with Crippen LogP contribution in [0, 0.1) is 0 Å². The van der Waals surface area contributed by atoms with Crippen molar-refractivity contribution in [1.29, 1.82) is 0 Å². The minimum Gasteiger partial charge on any atom is -0.388 e. The summed E-state index contributed by atoms with van der Waals surface area (Å²) in [5, 5.41) is 15.7. The lowest BCUT2D eigenvalue weighted by Crippen LogP contribution is -2.51. The Morgan fingerprint density at radius 2 is 2.00 bits per heavy atom. The molecule has 1 aromatic rings. The van der Waals surface area contributed by atoms with Crippen LogP contribution in [0.2, 0.25) is 0 Å². The van der Waals surface area contributed by atoms with Gasteiger partial charge < -0.3 is 15.7 Å². The molecule has 1 aromatic carbocycles. The lowest BCUT2D eigenvalue weighted by molar-refractivity contribution is -0.0290. The summed E-state index contributed by atoms with van der Waals surface area (Å²) in [6.45, 7) is 3.05. The maximum Gasteiger partial charge on any atom is 0.314 e. The molecule has 0 spiro atoms. The predicted molar refractivity (Wildman–Crippen MR) is 90.1 cm³/mol. The van der Waals surface area contributed by atoms with Crippen molar-refractivity contribution in [3.05, 3.63) is 35.9 Å². The third kappa shape index (κ3) is 4.45. The molecule has 126 valence electrons.